The molecule has 2 rings (SSSR count). The van der Waals surface area contributed by atoms with Gasteiger partial charge in [-0.15, -0.1) is 0 Å². The molecule has 0 unspecified atom stereocenters. The van der Waals surface area contributed by atoms with Crippen molar-refractivity contribution in [1.82, 2.24) is 0 Å². The summed E-state index contributed by atoms with van der Waals surface area (Å²) in [6.07, 6.45) is 1.35. The largest absolute Gasteiger partial charge is 0.399 e. The summed E-state index contributed by atoms with van der Waals surface area (Å²) in [6, 6.07) is 14.0. The molecule has 116 valence electrons. The Labute approximate surface area is 139 Å². The van der Waals surface area contributed by atoms with Crippen LogP contribution in [-0.4, -0.2) is 5.91 Å². The zero-order chi connectivity index (χ0) is 16.8. The fourth-order valence-corrected chi connectivity index (χ4v) is 1.99. The molecule has 0 fully saturated rings. The number of nitrogens with two attached hydrogens (primary N) is 1. The number of hydrogen-bond donors (Lipinski definition) is 3. The molecule has 5 nitrogen and oxygen atoms in total. The normalized spacial score (nSPS) is 10.7. The molecule has 0 atom stereocenters. The summed E-state index contributed by atoms with van der Waals surface area (Å²) in [4.78, 5) is 12.2. The van der Waals surface area contributed by atoms with E-state index < -0.39 is 5.91 Å². The number of anilines is 3. The Morgan fingerprint density at radius 3 is 2.61 bits per heavy atom. The molecule has 0 bridgehead atoms. The summed E-state index contributed by atoms with van der Waals surface area (Å²) in [7, 11) is 0. The molecule has 0 aliphatic heterocycles. The van der Waals surface area contributed by atoms with E-state index >= 15 is 0 Å². The highest BCUT2D eigenvalue weighted by Gasteiger charge is 2.11. The van der Waals surface area contributed by atoms with Gasteiger partial charge in [-0.05, 0) is 48.9 Å². The number of halogens is 1. The first-order chi connectivity index (χ1) is 11.0. The summed E-state index contributed by atoms with van der Waals surface area (Å²) >= 11 is 6.01. The number of amides is 1. The number of nitrogens with zero attached hydrogens (tertiary/aromatic N) is 1. The Morgan fingerprint density at radius 1 is 1.26 bits per heavy atom. The van der Waals surface area contributed by atoms with Gasteiger partial charge in [0, 0.05) is 28.3 Å². The van der Waals surface area contributed by atoms with Gasteiger partial charge in [0.25, 0.3) is 5.91 Å². The maximum absolute atomic E-state index is 12.2. The summed E-state index contributed by atoms with van der Waals surface area (Å²) in [5.41, 5.74) is 8.21. The van der Waals surface area contributed by atoms with E-state index in [1.54, 1.807) is 49.4 Å². The molecule has 0 saturated carbocycles. The molecule has 1 amide bonds. The van der Waals surface area contributed by atoms with Crippen LogP contribution in [0.25, 0.3) is 0 Å². The van der Waals surface area contributed by atoms with Crippen LogP contribution in [0.15, 0.2) is 54.2 Å². The van der Waals surface area contributed by atoms with Crippen molar-refractivity contribution in [3.05, 3.63) is 64.8 Å². The molecule has 0 spiro atoms. The molecular formula is C17H15ClN4O. The maximum atomic E-state index is 12.2. The van der Waals surface area contributed by atoms with Crippen molar-refractivity contribution in [1.29, 1.82) is 5.26 Å². The van der Waals surface area contributed by atoms with Gasteiger partial charge in [0.1, 0.15) is 11.6 Å². The van der Waals surface area contributed by atoms with Crippen LogP contribution in [0, 0.1) is 18.3 Å². The van der Waals surface area contributed by atoms with Gasteiger partial charge in [-0.1, -0.05) is 17.7 Å². The lowest BCUT2D eigenvalue weighted by Crippen LogP contribution is -2.15. The summed E-state index contributed by atoms with van der Waals surface area (Å²) in [5, 5.41) is 15.3. The molecule has 23 heavy (non-hydrogen) atoms. The standard InChI is InChI=1S/C17H15ClN4O/c1-11-15(18)3-2-4-16(11)22-17(23)12(9-19)10-21-14-7-5-13(20)6-8-14/h2-8,10,21H,20H2,1H3,(H,22,23)/b12-10-. The van der Waals surface area contributed by atoms with Crippen molar-refractivity contribution in [2.45, 2.75) is 6.92 Å². The number of benzene rings is 2. The first kappa shape index (κ1) is 16.4. The van der Waals surface area contributed by atoms with Gasteiger partial charge in [-0.3, -0.25) is 4.79 Å². The van der Waals surface area contributed by atoms with E-state index in [1.165, 1.54) is 6.20 Å². The number of hydrogen-bond acceptors (Lipinski definition) is 4. The van der Waals surface area contributed by atoms with Gasteiger partial charge in [-0.25, -0.2) is 0 Å². The van der Waals surface area contributed by atoms with Crippen LogP contribution in [0.3, 0.4) is 0 Å². The lowest BCUT2D eigenvalue weighted by Gasteiger charge is -2.09. The third-order valence-corrected chi connectivity index (χ3v) is 3.58. The predicted octanol–water partition coefficient (Wildman–Crippen LogP) is 3.69. The minimum atomic E-state index is -0.513. The van der Waals surface area contributed by atoms with Gasteiger partial charge in [0.05, 0.1) is 0 Å². The minimum Gasteiger partial charge on any atom is -0.399 e. The lowest BCUT2D eigenvalue weighted by atomic mass is 10.2. The topological polar surface area (TPSA) is 90.9 Å². The molecule has 4 N–H and O–H groups in total. The van der Waals surface area contributed by atoms with Gasteiger partial charge in [0.2, 0.25) is 0 Å². The lowest BCUT2D eigenvalue weighted by molar-refractivity contribution is -0.112. The molecule has 0 heterocycles. The quantitative estimate of drug-likeness (QED) is 0.454. The molecule has 0 aliphatic carbocycles. The fourth-order valence-electron chi connectivity index (χ4n) is 1.82. The molecule has 0 aliphatic rings. The first-order valence-electron chi connectivity index (χ1n) is 6.80. The number of nitriles is 1. The molecular weight excluding hydrogens is 312 g/mol. The monoisotopic (exact) mass is 326 g/mol. The highest BCUT2D eigenvalue weighted by molar-refractivity contribution is 6.31. The SMILES string of the molecule is Cc1c(Cl)cccc1NC(=O)/C(C#N)=C\Nc1ccc(N)cc1. The highest BCUT2D eigenvalue weighted by Crippen LogP contribution is 2.23. The predicted molar refractivity (Wildman–Crippen MR) is 93.0 cm³/mol. The van der Waals surface area contributed by atoms with Gasteiger partial charge in [-0.2, -0.15) is 5.26 Å². The van der Waals surface area contributed by atoms with E-state index in [2.05, 4.69) is 10.6 Å². The smallest absolute Gasteiger partial charge is 0.267 e. The average Bonchev–Trinajstić information content (AvgIpc) is 2.54. The van der Waals surface area contributed by atoms with E-state index in [4.69, 9.17) is 22.6 Å². The summed E-state index contributed by atoms with van der Waals surface area (Å²) in [6.45, 7) is 1.79. The van der Waals surface area contributed by atoms with Crippen molar-refractivity contribution in [3.63, 3.8) is 0 Å². The first-order valence-corrected chi connectivity index (χ1v) is 7.18. The number of nitrogens with one attached hydrogen (secondary N) is 2. The van der Waals surface area contributed by atoms with Crippen LogP contribution in [0.5, 0.6) is 0 Å². The Bertz CT molecular complexity index is 791. The van der Waals surface area contributed by atoms with Crippen LogP contribution in [0.1, 0.15) is 5.56 Å². The number of rotatable bonds is 4. The third-order valence-electron chi connectivity index (χ3n) is 3.17. The second kappa shape index (κ2) is 7.34. The zero-order valence-corrected chi connectivity index (χ0v) is 13.2. The highest BCUT2D eigenvalue weighted by atomic mass is 35.5. The molecule has 0 radical (unpaired) electrons. The second-order valence-corrected chi connectivity index (χ2v) is 5.21. The minimum absolute atomic E-state index is 0.0544. The van der Waals surface area contributed by atoms with Gasteiger partial charge in [0.15, 0.2) is 0 Å². The van der Waals surface area contributed by atoms with Crippen LogP contribution in [-0.2, 0) is 4.79 Å². The molecule has 0 saturated heterocycles. The number of carbonyl (C=O) groups is 1. The van der Waals surface area contributed by atoms with E-state index in [0.717, 1.165) is 11.3 Å². The van der Waals surface area contributed by atoms with E-state index in [-0.39, 0.29) is 5.57 Å². The summed E-state index contributed by atoms with van der Waals surface area (Å²) in [5.74, 6) is -0.513. The van der Waals surface area contributed by atoms with Crippen molar-refractivity contribution in [2.24, 2.45) is 0 Å². The van der Waals surface area contributed by atoms with Crippen LogP contribution in [0.2, 0.25) is 5.02 Å². The molecule has 2 aromatic rings. The summed E-state index contributed by atoms with van der Waals surface area (Å²) < 4.78 is 0. The van der Waals surface area contributed by atoms with Crippen LogP contribution >= 0.6 is 11.6 Å². The van der Waals surface area contributed by atoms with E-state index in [9.17, 15) is 4.79 Å². The van der Waals surface area contributed by atoms with E-state index in [0.29, 0.717) is 16.4 Å². The molecule has 2 aromatic carbocycles. The second-order valence-electron chi connectivity index (χ2n) is 4.80. The third kappa shape index (κ3) is 4.25. The molecule has 6 heteroatoms. The Morgan fingerprint density at radius 2 is 1.96 bits per heavy atom. The van der Waals surface area contributed by atoms with Crippen LogP contribution < -0.4 is 16.4 Å². The number of nitrogen functional groups attached to an aromatic ring is 1. The van der Waals surface area contributed by atoms with Crippen molar-refractivity contribution >= 4 is 34.6 Å². The van der Waals surface area contributed by atoms with Crippen molar-refractivity contribution < 1.29 is 4.79 Å². The maximum Gasteiger partial charge on any atom is 0.267 e. The van der Waals surface area contributed by atoms with Crippen LogP contribution in [0.4, 0.5) is 17.1 Å². The van der Waals surface area contributed by atoms with Crippen molar-refractivity contribution in [2.75, 3.05) is 16.4 Å². The van der Waals surface area contributed by atoms with Crippen molar-refractivity contribution in [3.8, 4) is 6.07 Å². The Balaban J connectivity index is 2.12. The molecule has 0 aromatic heterocycles. The zero-order valence-electron chi connectivity index (χ0n) is 12.4. The van der Waals surface area contributed by atoms with Gasteiger partial charge >= 0.3 is 0 Å². The van der Waals surface area contributed by atoms with E-state index in [1.807, 2.05) is 6.07 Å². The Kier molecular flexibility index (Phi) is 5.23. The number of carbonyl (C=O) groups excluding carboxylic acids is 1. The Hall–Kier alpha value is -2.97. The average molecular weight is 327 g/mol. The fraction of sp³-hybridized carbons (Fsp3) is 0.0588. The van der Waals surface area contributed by atoms with Gasteiger partial charge < -0.3 is 16.4 Å².